The van der Waals surface area contributed by atoms with Crippen molar-refractivity contribution in [3.63, 3.8) is 0 Å². The zero-order valence-electron chi connectivity index (χ0n) is 9.76. The molecule has 84 valence electrons. The molecule has 0 atom stereocenters. The maximum Gasteiger partial charge on any atom is 0.0739 e. The van der Waals surface area contributed by atoms with Crippen molar-refractivity contribution in [2.75, 3.05) is 6.54 Å². The number of aromatic nitrogens is 2. The molecule has 1 heterocycles. The third-order valence-corrected chi connectivity index (χ3v) is 3.24. The van der Waals surface area contributed by atoms with Gasteiger partial charge in [0.05, 0.1) is 15.9 Å². The van der Waals surface area contributed by atoms with Gasteiger partial charge in [0, 0.05) is 20.1 Å². The Kier molecular flexibility index (Phi) is 4.54. The molecule has 0 aromatic carbocycles. The van der Waals surface area contributed by atoms with Gasteiger partial charge in [-0.15, -0.1) is 0 Å². The van der Waals surface area contributed by atoms with Crippen molar-refractivity contribution in [3.8, 4) is 0 Å². The summed E-state index contributed by atoms with van der Waals surface area (Å²) >= 11 is 3.54. The normalized spacial score (nSPS) is 10.5. The predicted molar refractivity (Wildman–Crippen MR) is 66.8 cm³/mol. The van der Waals surface area contributed by atoms with Gasteiger partial charge >= 0.3 is 0 Å². The van der Waals surface area contributed by atoms with Gasteiger partial charge in [-0.2, -0.15) is 5.10 Å². The molecule has 0 aliphatic heterocycles. The summed E-state index contributed by atoms with van der Waals surface area (Å²) in [6.07, 6.45) is 2.18. The van der Waals surface area contributed by atoms with Gasteiger partial charge in [-0.05, 0) is 36.7 Å². The largest absolute Gasteiger partial charge is 0.308 e. The molecule has 0 aliphatic rings. The summed E-state index contributed by atoms with van der Waals surface area (Å²) in [6.45, 7) is 7.95. The molecule has 15 heavy (non-hydrogen) atoms. The number of allylic oxidation sites excluding steroid dienone is 1. The van der Waals surface area contributed by atoms with Crippen molar-refractivity contribution >= 4 is 15.9 Å². The van der Waals surface area contributed by atoms with E-state index in [-0.39, 0.29) is 0 Å². The Morgan fingerprint density at radius 3 is 2.67 bits per heavy atom. The van der Waals surface area contributed by atoms with E-state index in [1.54, 1.807) is 0 Å². The molecule has 0 saturated heterocycles. The van der Waals surface area contributed by atoms with Crippen molar-refractivity contribution in [2.45, 2.75) is 27.3 Å². The molecular formula is C11H18BrN3. The fourth-order valence-electron chi connectivity index (χ4n) is 1.34. The standard InChI is InChI=1S/C11H18BrN3/c1-8(2)5-6-13-7-10-11(12)9(3)14-15(10)4/h5,13H,6-7H2,1-4H3. The van der Waals surface area contributed by atoms with Crippen LogP contribution in [0.4, 0.5) is 0 Å². The molecular weight excluding hydrogens is 254 g/mol. The number of hydrogen-bond acceptors (Lipinski definition) is 2. The molecule has 0 aliphatic carbocycles. The summed E-state index contributed by atoms with van der Waals surface area (Å²) in [4.78, 5) is 0. The monoisotopic (exact) mass is 271 g/mol. The maximum absolute atomic E-state index is 4.34. The third-order valence-electron chi connectivity index (χ3n) is 2.21. The van der Waals surface area contributed by atoms with Gasteiger partial charge in [-0.3, -0.25) is 4.68 Å². The van der Waals surface area contributed by atoms with Crippen LogP contribution in [0.5, 0.6) is 0 Å². The molecule has 1 aromatic heterocycles. The first-order valence-corrected chi connectivity index (χ1v) is 5.83. The average molecular weight is 272 g/mol. The lowest BCUT2D eigenvalue weighted by atomic mass is 10.3. The zero-order chi connectivity index (χ0) is 11.4. The van der Waals surface area contributed by atoms with Gasteiger partial charge < -0.3 is 5.32 Å². The molecule has 0 fully saturated rings. The van der Waals surface area contributed by atoms with E-state index in [1.165, 1.54) is 11.3 Å². The van der Waals surface area contributed by atoms with Gasteiger partial charge in [0.15, 0.2) is 0 Å². The molecule has 0 amide bonds. The second kappa shape index (κ2) is 5.47. The van der Waals surface area contributed by atoms with Crippen molar-refractivity contribution in [3.05, 3.63) is 27.5 Å². The Hall–Kier alpha value is -0.610. The first kappa shape index (κ1) is 12.5. The van der Waals surface area contributed by atoms with Crippen LogP contribution in [-0.4, -0.2) is 16.3 Å². The molecule has 0 unspecified atom stereocenters. The minimum absolute atomic E-state index is 0.835. The number of halogens is 1. The lowest BCUT2D eigenvalue weighted by Gasteiger charge is -2.03. The van der Waals surface area contributed by atoms with Gasteiger partial charge in [0.2, 0.25) is 0 Å². The van der Waals surface area contributed by atoms with E-state index in [2.05, 4.69) is 46.3 Å². The number of rotatable bonds is 4. The lowest BCUT2D eigenvalue weighted by molar-refractivity contribution is 0.650. The molecule has 0 bridgehead atoms. The third kappa shape index (κ3) is 3.47. The van der Waals surface area contributed by atoms with Gasteiger partial charge in [-0.25, -0.2) is 0 Å². The van der Waals surface area contributed by atoms with E-state index in [0.717, 1.165) is 23.3 Å². The molecule has 1 aromatic rings. The molecule has 1 N–H and O–H groups in total. The first-order chi connectivity index (χ1) is 7.02. The fraction of sp³-hybridized carbons (Fsp3) is 0.545. The van der Waals surface area contributed by atoms with Crippen LogP contribution >= 0.6 is 15.9 Å². The second-order valence-electron chi connectivity index (χ2n) is 3.88. The van der Waals surface area contributed by atoms with Crippen LogP contribution in [0, 0.1) is 6.92 Å². The van der Waals surface area contributed by atoms with Crippen LogP contribution < -0.4 is 5.32 Å². The molecule has 0 radical (unpaired) electrons. The van der Waals surface area contributed by atoms with E-state index in [4.69, 9.17) is 0 Å². The summed E-state index contributed by atoms with van der Waals surface area (Å²) in [5, 5.41) is 7.70. The van der Waals surface area contributed by atoms with E-state index in [9.17, 15) is 0 Å². The van der Waals surface area contributed by atoms with E-state index >= 15 is 0 Å². The van der Waals surface area contributed by atoms with Gasteiger partial charge in [0.1, 0.15) is 0 Å². The summed E-state index contributed by atoms with van der Waals surface area (Å²) in [6, 6.07) is 0. The average Bonchev–Trinajstić information content (AvgIpc) is 2.37. The molecule has 0 spiro atoms. The fourth-order valence-corrected chi connectivity index (χ4v) is 1.82. The molecule has 0 saturated carbocycles. The van der Waals surface area contributed by atoms with Crippen LogP contribution in [0.15, 0.2) is 16.1 Å². The van der Waals surface area contributed by atoms with Crippen LogP contribution in [-0.2, 0) is 13.6 Å². The highest BCUT2D eigenvalue weighted by Crippen LogP contribution is 2.19. The van der Waals surface area contributed by atoms with Gasteiger partial charge in [0.25, 0.3) is 0 Å². The van der Waals surface area contributed by atoms with Crippen molar-refractivity contribution in [2.24, 2.45) is 7.05 Å². The Bertz CT molecular complexity index is 362. The minimum Gasteiger partial charge on any atom is -0.308 e. The molecule has 3 nitrogen and oxygen atoms in total. The van der Waals surface area contributed by atoms with Crippen LogP contribution in [0.2, 0.25) is 0 Å². The summed E-state index contributed by atoms with van der Waals surface area (Å²) in [5.74, 6) is 0. The van der Waals surface area contributed by atoms with Crippen molar-refractivity contribution < 1.29 is 0 Å². The smallest absolute Gasteiger partial charge is 0.0739 e. The summed E-state index contributed by atoms with van der Waals surface area (Å²) < 4.78 is 3.02. The topological polar surface area (TPSA) is 29.9 Å². The van der Waals surface area contributed by atoms with E-state index in [1.807, 2.05) is 18.7 Å². The second-order valence-corrected chi connectivity index (χ2v) is 4.68. The molecule has 1 rings (SSSR count). The lowest BCUT2D eigenvalue weighted by Crippen LogP contribution is -2.16. The molecule has 4 heteroatoms. The van der Waals surface area contributed by atoms with Crippen LogP contribution in [0.1, 0.15) is 25.2 Å². The SMILES string of the molecule is CC(C)=CCNCc1c(Br)c(C)nn1C. The summed E-state index contributed by atoms with van der Waals surface area (Å²) in [7, 11) is 1.97. The quantitative estimate of drug-likeness (QED) is 0.674. The zero-order valence-corrected chi connectivity index (χ0v) is 11.3. The number of aryl methyl sites for hydroxylation is 2. The van der Waals surface area contributed by atoms with E-state index < -0.39 is 0 Å². The number of nitrogens with one attached hydrogen (secondary N) is 1. The predicted octanol–water partition coefficient (Wildman–Crippen LogP) is 2.55. The highest BCUT2D eigenvalue weighted by atomic mass is 79.9. The minimum atomic E-state index is 0.835. The van der Waals surface area contributed by atoms with Crippen LogP contribution in [0.3, 0.4) is 0 Å². The number of hydrogen-bond donors (Lipinski definition) is 1. The Labute approximate surface area is 99.7 Å². The highest BCUT2D eigenvalue weighted by Gasteiger charge is 2.08. The Morgan fingerprint density at radius 2 is 2.20 bits per heavy atom. The summed E-state index contributed by atoms with van der Waals surface area (Å²) in [5.41, 5.74) is 3.56. The van der Waals surface area contributed by atoms with Crippen molar-refractivity contribution in [1.82, 2.24) is 15.1 Å². The van der Waals surface area contributed by atoms with Crippen molar-refractivity contribution in [1.29, 1.82) is 0 Å². The number of nitrogens with zero attached hydrogens (tertiary/aromatic N) is 2. The van der Waals surface area contributed by atoms with E-state index in [0.29, 0.717) is 0 Å². The Morgan fingerprint density at radius 1 is 1.53 bits per heavy atom. The Balaban J connectivity index is 2.54. The first-order valence-electron chi connectivity index (χ1n) is 5.04. The van der Waals surface area contributed by atoms with Gasteiger partial charge in [-0.1, -0.05) is 11.6 Å². The van der Waals surface area contributed by atoms with Crippen LogP contribution in [0.25, 0.3) is 0 Å². The maximum atomic E-state index is 4.34. The highest BCUT2D eigenvalue weighted by molar-refractivity contribution is 9.10.